The third kappa shape index (κ3) is 4.55. The molecule has 1 saturated carbocycles. The van der Waals surface area contributed by atoms with E-state index < -0.39 is 23.5 Å². The summed E-state index contributed by atoms with van der Waals surface area (Å²) < 4.78 is 44.1. The highest BCUT2D eigenvalue weighted by atomic mass is 19.4. The Kier molecular flexibility index (Phi) is 6.09. The number of hydrogen-bond donors (Lipinski definition) is 1. The number of carbonyl (C=O) groups excluding carboxylic acids is 3. The summed E-state index contributed by atoms with van der Waals surface area (Å²) in [4.78, 5) is 41.8. The maximum atomic E-state index is 13.0. The summed E-state index contributed by atoms with van der Waals surface area (Å²) in [6, 6.07) is 6.25. The van der Waals surface area contributed by atoms with E-state index in [0.717, 1.165) is 44.1 Å². The lowest BCUT2D eigenvalue weighted by Crippen LogP contribution is -2.38. The van der Waals surface area contributed by atoms with Crippen LogP contribution >= 0.6 is 0 Å². The number of fused-ring (bicyclic) bond motifs is 1. The summed E-state index contributed by atoms with van der Waals surface area (Å²) in [5.41, 5.74) is -0.177. The summed E-state index contributed by atoms with van der Waals surface area (Å²) in [7, 11) is 1.37. The predicted molar refractivity (Wildman–Crippen MR) is 112 cm³/mol. The minimum absolute atomic E-state index is 0.0273. The van der Waals surface area contributed by atoms with Crippen molar-refractivity contribution in [3.63, 3.8) is 0 Å². The Hall–Kier alpha value is -3.43. The van der Waals surface area contributed by atoms with E-state index in [-0.39, 0.29) is 29.3 Å². The maximum absolute atomic E-state index is 13.0. The van der Waals surface area contributed by atoms with Crippen LogP contribution in [-0.2, 0) is 17.5 Å². The van der Waals surface area contributed by atoms with Gasteiger partial charge in [-0.3, -0.25) is 9.59 Å². The summed E-state index contributed by atoms with van der Waals surface area (Å²) in [6.45, 7) is 0.346. The van der Waals surface area contributed by atoms with Crippen molar-refractivity contribution in [2.75, 3.05) is 12.4 Å². The first kappa shape index (κ1) is 22.8. The maximum Gasteiger partial charge on any atom is 0.433 e. The number of nitrogens with one attached hydrogen (secondary N) is 1. The third-order valence-electron chi connectivity index (χ3n) is 6.15. The zero-order valence-electron chi connectivity index (χ0n) is 17.8. The average molecular weight is 461 g/mol. The standard InChI is InChI=1S/C23H22F3N3O4/c1-33-19-10-16-14(11-29(22(16)32)15-7-5-13(12-30)6-8-15)9-18(19)28-21(31)17-3-2-4-20(27-17)23(24,25)26/h2-4,9-10,12-13,15H,5-8,11H2,1H3,(H,28,31)/t13-,15-. The van der Waals surface area contributed by atoms with E-state index in [1.54, 1.807) is 11.0 Å². The van der Waals surface area contributed by atoms with Crippen LogP contribution in [0.5, 0.6) is 5.75 Å². The van der Waals surface area contributed by atoms with E-state index in [9.17, 15) is 27.6 Å². The lowest BCUT2D eigenvalue weighted by atomic mass is 9.86. The number of anilines is 1. The number of pyridine rings is 1. The first-order chi connectivity index (χ1) is 15.7. The highest BCUT2D eigenvalue weighted by Crippen LogP contribution is 2.37. The van der Waals surface area contributed by atoms with Gasteiger partial charge < -0.3 is 19.7 Å². The van der Waals surface area contributed by atoms with Crippen LogP contribution in [0.15, 0.2) is 30.3 Å². The van der Waals surface area contributed by atoms with E-state index in [1.807, 2.05) is 0 Å². The molecule has 7 nitrogen and oxygen atoms in total. The van der Waals surface area contributed by atoms with Crippen molar-refractivity contribution < 1.29 is 32.3 Å². The van der Waals surface area contributed by atoms with Gasteiger partial charge in [0.25, 0.3) is 11.8 Å². The fraction of sp³-hybridized carbons (Fsp3) is 0.391. The van der Waals surface area contributed by atoms with Gasteiger partial charge in [-0.15, -0.1) is 0 Å². The first-order valence-corrected chi connectivity index (χ1v) is 10.5. The normalized spacial score (nSPS) is 20.4. The Bertz CT molecular complexity index is 1090. The van der Waals surface area contributed by atoms with Gasteiger partial charge in [0, 0.05) is 24.1 Å². The topological polar surface area (TPSA) is 88.6 Å². The number of carbonyl (C=O) groups is 3. The van der Waals surface area contributed by atoms with Gasteiger partial charge in [0.2, 0.25) is 0 Å². The Morgan fingerprint density at radius 1 is 1.21 bits per heavy atom. The molecule has 2 heterocycles. The molecule has 1 aromatic carbocycles. The molecule has 1 aromatic heterocycles. The van der Waals surface area contributed by atoms with Crippen LogP contribution in [0.1, 0.15) is 57.8 Å². The van der Waals surface area contributed by atoms with E-state index in [0.29, 0.717) is 17.7 Å². The van der Waals surface area contributed by atoms with Gasteiger partial charge >= 0.3 is 6.18 Å². The fourth-order valence-corrected chi connectivity index (χ4v) is 4.38. The van der Waals surface area contributed by atoms with Gasteiger partial charge in [-0.1, -0.05) is 6.07 Å². The number of aromatic nitrogens is 1. The van der Waals surface area contributed by atoms with E-state index in [1.165, 1.54) is 19.2 Å². The van der Waals surface area contributed by atoms with Crippen LogP contribution in [0.2, 0.25) is 0 Å². The van der Waals surface area contributed by atoms with Crippen molar-refractivity contribution in [2.45, 2.75) is 44.4 Å². The molecular weight excluding hydrogens is 439 g/mol. The van der Waals surface area contributed by atoms with Crippen LogP contribution in [0.25, 0.3) is 0 Å². The number of methoxy groups -OCH3 is 1. The van der Waals surface area contributed by atoms with Crippen LogP contribution < -0.4 is 10.1 Å². The van der Waals surface area contributed by atoms with Crippen molar-refractivity contribution in [3.05, 3.63) is 52.8 Å². The molecule has 4 rings (SSSR count). The Morgan fingerprint density at radius 3 is 2.58 bits per heavy atom. The number of aldehydes is 1. The van der Waals surface area contributed by atoms with Crippen molar-refractivity contribution in [1.82, 2.24) is 9.88 Å². The molecule has 1 aliphatic carbocycles. The molecule has 2 aromatic rings. The number of alkyl halides is 3. The van der Waals surface area contributed by atoms with Crippen LogP contribution in [0.4, 0.5) is 18.9 Å². The van der Waals surface area contributed by atoms with E-state index in [2.05, 4.69) is 10.3 Å². The van der Waals surface area contributed by atoms with Gasteiger partial charge in [-0.2, -0.15) is 13.2 Å². The van der Waals surface area contributed by atoms with E-state index >= 15 is 0 Å². The van der Waals surface area contributed by atoms with Crippen LogP contribution in [0.3, 0.4) is 0 Å². The molecule has 0 atom stereocenters. The summed E-state index contributed by atoms with van der Waals surface area (Å²) in [6.07, 6.45) is -0.742. The zero-order chi connectivity index (χ0) is 23.8. The number of benzene rings is 1. The molecule has 2 amide bonds. The zero-order valence-corrected chi connectivity index (χ0v) is 17.8. The molecule has 10 heteroatoms. The average Bonchev–Trinajstić information content (AvgIpc) is 3.13. The highest BCUT2D eigenvalue weighted by Gasteiger charge is 2.36. The fourth-order valence-electron chi connectivity index (χ4n) is 4.38. The number of halogens is 3. The van der Waals surface area contributed by atoms with Crippen LogP contribution in [0, 0.1) is 5.92 Å². The molecular formula is C23H22F3N3O4. The minimum Gasteiger partial charge on any atom is -0.495 e. The summed E-state index contributed by atoms with van der Waals surface area (Å²) >= 11 is 0. The number of nitrogens with zero attached hydrogens (tertiary/aromatic N) is 2. The second-order valence-electron chi connectivity index (χ2n) is 8.21. The van der Waals surface area contributed by atoms with Crippen molar-refractivity contribution in [1.29, 1.82) is 0 Å². The molecule has 33 heavy (non-hydrogen) atoms. The number of rotatable bonds is 5. The first-order valence-electron chi connectivity index (χ1n) is 10.5. The number of hydrogen-bond acceptors (Lipinski definition) is 5. The SMILES string of the molecule is COc1cc2c(cc1NC(=O)c1cccc(C(F)(F)F)n1)CN([C@H]1CC[C@H](C=O)CC1)C2=O. The quantitative estimate of drug-likeness (QED) is 0.678. The molecule has 1 N–H and O–H groups in total. The summed E-state index contributed by atoms with van der Waals surface area (Å²) in [5.74, 6) is -0.718. The number of ether oxygens (including phenoxy) is 1. The Morgan fingerprint density at radius 2 is 1.94 bits per heavy atom. The van der Waals surface area contributed by atoms with Gasteiger partial charge in [0.15, 0.2) is 0 Å². The monoisotopic (exact) mass is 461 g/mol. The molecule has 174 valence electrons. The van der Waals surface area contributed by atoms with Crippen molar-refractivity contribution in [3.8, 4) is 5.75 Å². The summed E-state index contributed by atoms with van der Waals surface area (Å²) in [5, 5.41) is 2.55. The smallest absolute Gasteiger partial charge is 0.433 e. The molecule has 0 spiro atoms. The second-order valence-corrected chi connectivity index (χ2v) is 8.21. The molecule has 0 unspecified atom stereocenters. The second kappa shape index (κ2) is 8.84. The number of amides is 2. The third-order valence-corrected chi connectivity index (χ3v) is 6.15. The molecule has 0 radical (unpaired) electrons. The van der Waals surface area contributed by atoms with E-state index in [4.69, 9.17) is 4.74 Å². The van der Waals surface area contributed by atoms with Crippen molar-refractivity contribution >= 4 is 23.8 Å². The van der Waals surface area contributed by atoms with Gasteiger partial charge in [-0.25, -0.2) is 4.98 Å². The van der Waals surface area contributed by atoms with Gasteiger partial charge in [-0.05, 0) is 55.5 Å². The van der Waals surface area contributed by atoms with Gasteiger partial charge in [0.05, 0.1) is 12.8 Å². The molecule has 1 aliphatic heterocycles. The van der Waals surface area contributed by atoms with Gasteiger partial charge in [0.1, 0.15) is 23.4 Å². The minimum atomic E-state index is -4.67. The highest BCUT2D eigenvalue weighted by molar-refractivity contribution is 6.05. The lowest BCUT2D eigenvalue weighted by Gasteiger charge is -2.32. The molecule has 2 aliphatic rings. The largest absolute Gasteiger partial charge is 0.495 e. The van der Waals surface area contributed by atoms with Crippen LogP contribution in [-0.4, -0.2) is 41.1 Å². The molecule has 1 fully saturated rings. The van der Waals surface area contributed by atoms with Crippen molar-refractivity contribution in [2.24, 2.45) is 5.92 Å². The Balaban J connectivity index is 1.55. The molecule has 0 saturated heterocycles. The lowest BCUT2D eigenvalue weighted by molar-refractivity contribution is -0.141. The predicted octanol–water partition coefficient (Wildman–Crippen LogP) is 4.07. The Labute approximate surface area is 187 Å². The molecule has 0 bridgehead atoms.